The van der Waals surface area contributed by atoms with Crippen LogP contribution in [0.1, 0.15) is 43.5 Å². The molecule has 3 heterocycles. The van der Waals surface area contributed by atoms with E-state index in [1.54, 1.807) is 13.8 Å². The van der Waals surface area contributed by atoms with Crippen LogP contribution in [0.25, 0.3) is 0 Å². The second-order valence-corrected chi connectivity index (χ2v) is 7.13. The molecule has 2 aliphatic rings. The Kier molecular flexibility index (Phi) is 4.14. The molecule has 0 aliphatic carbocycles. The second kappa shape index (κ2) is 5.80. The van der Waals surface area contributed by atoms with Gasteiger partial charge in [-0.05, 0) is 45.4 Å². The van der Waals surface area contributed by atoms with Crippen molar-refractivity contribution >= 4 is 0 Å². The molecule has 22 heavy (non-hydrogen) atoms. The summed E-state index contributed by atoms with van der Waals surface area (Å²) < 4.78 is 7.58. The number of likely N-dealkylation sites (N-methyl/N-ethyl adjacent to an activating group) is 1. The van der Waals surface area contributed by atoms with E-state index in [0.29, 0.717) is 12.1 Å². The fourth-order valence-corrected chi connectivity index (χ4v) is 3.48. The summed E-state index contributed by atoms with van der Waals surface area (Å²) >= 11 is 0. The van der Waals surface area contributed by atoms with Crippen LogP contribution in [0.3, 0.4) is 0 Å². The average molecular weight is 306 g/mol. The minimum Gasteiger partial charge on any atom is -0.386 e. The Labute approximate surface area is 131 Å². The third-order valence-electron chi connectivity index (χ3n) is 4.73. The van der Waals surface area contributed by atoms with Crippen LogP contribution in [0.15, 0.2) is 10.9 Å². The average Bonchev–Trinajstić information content (AvgIpc) is 2.93. The lowest BCUT2D eigenvalue weighted by molar-refractivity contribution is 0.0735. The minimum atomic E-state index is -1.12. The first-order chi connectivity index (χ1) is 10.4. The summed E-state index contributed by atoms with van der Waals surface area (Å²) in [7, 11) is 2.09. The van der Waals surface area contributed by atoms with Crippen molar-refractivity contribution in [1.29, 1.82) is 0 Å². The topological polar surface area (TPSA) is 54.7 Å². The third kappa shape index (κ3) is 2.98. The van der Waals surface area contributed by atoms with E-state index in [0.717, 1.165) is 50.2 Å². The molecule has 0 amide bonds. The molecule has 2 aliphatic heterocycles. The molecule has 5 heteroatoms. The predicted octanol–water partition coefficient (Wildman–Crippen LogP) is 1.24. The summed E-state index contributed by atoms with van der Waals surface area (Å²) in [6.45, 7) is 6.53. The molecule has 122 valence electrons. The Morgan fingerprint density at radius 1 is 1.45 bits per heavy atom. The highest BCUT2D eigenvalue weighted by Gasteiger charge is 2.28. The smallest absolute Gasteiger partial charge is 0.256 e. The van der Waals surface area contributed by atoms with Gasteiger partial charge in [-0.15, -0.1) is 0 Å². The molecule has 5 nitrogen and oxygen atoms in total. The molecule has 0 radical (unpaired) electrons. The van der Waals surface area contributed by atoms with Crippen molar-refractivity contribution in [1.82, 2.24) is 9.47 Å². The summed E-state index contributed by atoms with van der Waals surface area (Å²) in [6, 6.07) is 1.90. The van der Waals surface area contributed by atoms with E-state index in [9.17, 15) is 9.90 Å². The molecule has 0 aromatic carbocycles. The lowest BCUT2D eigenvalue weighted by Crippen LogP contribution is -2.40. The zero-order valence-electron chi connectivity index (χ0n) is 13.8. The van der Waals surface area contributed by atoms with E-state index in [1.807, 2.05) is 10.6 Å². The summed E-state index contributed by atoms with van der Waals surface area (Å²) in [5.41, 5.74) is 1.57. The van der Waals surface area contributed by atoms with Crippen molar-refractivity contribution in [3.05, 3.63) is 33.2 Å². The molecule has 0 bridgehead atoms. The SMILES string of the molecule is CN1CCc2c(cc(C(C)(C)O)c(=O)n2CC2CCCO2)C1. The number of pyridine rings is 1. The van der Waals surface area contributed by atoms with Crippen molar-refractivity contribution in [2.24, 2.45) is 0 Å². The first-order valence-electron chi connectivity index (χ1n) is 8.15. The van der Waals surface area contributed by atoms with E-state index in [2.05, 4.69) is 11.9 Å². The van der Waals surface area contributed by atoms with Gasteiger partial charge in [0.15, 0.2) is 0 Å². The van der Waals surface area contributed by atoms with E-state index < -0.39 is 5.60 Å². The van der Waals surface area contributed by atoms with Crippen LogP contribution in [-0.2, 0) is 29.8 Å². The summed E-state index contributed by atoms with van der Waals surface area (Å²) in [5.74, 6) is 0. The first kappa shape index (κ1) is 15.7. The van der Waals surface area contributed by atoms with Crippen LogP contribution < -0.4 is 5.56 Å². The summed E-state index contributed by atoms with van der Waals surface area (Å²) in [4.78, 5) is 15.1. The number of rotatable bonds is 3. The quantitative estimate of drug-likeness (QED) is 0.913. The fraction of sp³-hybridized carbons (Fsp3) is 0.706. The molecule has 1 N–H and O–H groups in total. The fourth-order valence-electron chi connectivity index (χ4n) is 3.48. The number of aromatic nitrogens is 1. The largest absolute Gasteiger partial charge is 0.386 e. The number of aliphatic hydroxyl groups is 1. The highest BCUT2D eigenvalue weighted by atomic mass is 16.5. The van der Waals surface area contributed by atoms with Gasteiger partial charge in [0.2, 0.25) is 0 Å². The van der Waals surface area contributed by atoms with Crippen molar-refractivity contribution in [3.63, 3.8) is 0 Å². The lowest BCUT2D eigenvalue weighted by Gasteiger charge is -2.30. The van der Waals surface area contributed by atoms with Crippen LogP contribution in [-0.4, -0.2) is 40.9 Å². The molecule has 0 spiro atoms. The summed E-state index contributed by atoms with van der Waals surface area (Å²) in [6.07, 6.45) is 3.07. The molecular weight excluding hydrogens is 280 g/mol. The van der Waals surface area contributed by atoms with Crippen molar-refractivity contribution in [2.45, 2.75) is 57.9 Å². The van der Waals surface area contributed by atoms with Gasteiger partial charge in [0.1, 0.15) is 0 Å². The molecular formula is C17H26N2O3. The van der Waals surface area contributed by atoms with E-state index in [4.69, 9.17) is 4.74 Å². The van der Waals surface area contributed by atoms with Crippen molar-refractivity contribution < 1.29 is 9.84 Å². The van der Waals surface area contributed by atoms with Gasteiger partial charge in [-0.3, -0.25) is 4.79 Å². The Bertz CT molecular complexity index is 610. The van der Waals surface area contributed by atoms with E-state index >= 15 is 0 Å². The maximum Gasteiger partial charge on any atom is 0.256 e. The van der Waals surface area contributed by atoms with Crippen LogP contribution in [0, 0.1) is 0 Å². The number of hydrogen-bond donors (Lipinski definition) is 1. The Morgan fingerprint density at radius 3 is 2.86 bits per heavy atom. The maximum absolute atomic E-state index is 12.9. The zero-order valence-corrected chi connectivity index (χ0v) is 13.8. The van der Waals surface area contributed by atoms with Crippen LogP contribution in [0.2, 0.25) is 0 Å². The molecule has 1 aromatic heterocycles. The normalized spacial score (nSPS) is 22.8. The van der Waals surface area contributed by atoms with E-state index in [1.165, 1.54) is 0 Å². The highest BCUT2D eigenvalue weighted by molar-refractivity contribution is 5.31. The zero-order chi connectivity index (χ0) is 15.9. The minimum absolute atomic E-state index is 0.0636. The van der Waals surface area contributed by atoms with Gasteiger partial charge in [0.25, 0.3) is 5.56 Å². The maximum atomic E-state index is 12.9. The molecule has 1 fully saturated rings. The third-order valence-corrected chi connectivity index (χ3v) is 4.73. The molecule has 1 atom stereocenters. The molecule has 1 aromatic rings. The van der Waals surface area contributed by atoms with Crippen molar-refractivity contribution in [3.8, 4) is 0 Å². The van der Waals surface area contributed by atoms with Gasteiger partial charge in [-0.2, -0.15) is 0 Å². The number of hydrogen-bond acceptors (Lipinski definition) is 4. The van der Waals surface area contributed by atoms with Gasteiger partial charge < -0.3 is 19.3 Å². The van der Waals surface area contributed by atoms with Crippen molar-refractivity contribution in [2.75, 3.05) is 20.2 Å². The Morgan fingerprint density at radius 2 is 2.23 bits per heavy atom. The Hall–Kier alpha value is -1.17. The van der Waals surface area contributed by atoms with Gasteiger partial charge in [0, 0.05) is 37.4 Å². The molecule has 1 unspecified atom stereocenters. The molecule has 0 saturated carbocycles. The highest BCUT2D eigenvalue weighted by Crippen LogP contribution is 2.24. The number of nitrogens with zero attached hydrogens (tertiary/aromatic N) is 2. The molecule has 3 rings (SSSR count). The van der Waals surface area contributed by atoms with Crippen LogP contribution in [0.4, 0.5) is 0 Å². The van der Waals surface area contributed by atoms with Gasteiger partial charge in [-0.25, -0.2) is 0 Å². The standard InChI is InChI=1S/C17H26N2O3/c1-17(2,21)14-9-12-10-18(3)7-6-15(12)19(16(14)20)11-13-5-4-8-22-13/h9,13,21H,4-8,10-11H2,1-3H3. The first-order valence-corrected chi connectivity index (χ1v) is 8.15. The Balaban J connectivity index is 2.08. The van der Waals surface area contributed by atoms with Gasteiger partial charge in [-0.1, -0.05) is 0 Å². The second-order valence-electron chi connectivity index (χ2n) is 7.13. The van der Waals surface area contributed by atoms with E-state index in [-0.39, 0.29) is 11.7 Å². The molecule has 1 saturated heterocycles. The monoisotopic (exact) mass is 306 g/mol. The van der Waals surface area contributed by atoms with Gasteiger partial charge in [0.05, 0.1) is 18.2 Å². The predicted molar refractivity (Wildman–Crippen MR) is 85.0 cm³/mol. The van der Waals surface area contributed by atoms with Gasteiger partial charge >= 0.3 is 0 Å². The lowest BCUT2D eigenvalue weighted by atomic mass is 9.94. The summed E-state index contributed by atoms with van der Waals surface area (Å²) in [5, 5.41) is 10.4. The number of fused-ring (bicyclic) bond motifs is 1. The van der Waals surface area contributed by atoms with Crippen LogP contribution >= 0.6 is 0 Å². The number of ether oxygens (including phenoxy) is 1. The van der Waals surface area contributed by atoms with Crippen LogP contribution in [0.5, 0.6) is 0 Å².